The highest BCUT2D eigenvalue weighted by atomic mass is 16.2. The molecule has 22 heavy (non-hydrogen) atoms. The SMILES string of the molecule is CCN(Cc1cnn(CC)c1)C(=O)NCC1CCN(C)CC1. The van der Waals surface area contributed by atoms with E-state index in [0.717, 1.165) is 31.7 Å². The van der Waals surface area contributed by atoms with Crippen LogP contribution in [-0.4, -0.2) is 58.8 Å². The maximum Gasteiger partial charge on any atom is 0.317 e. The molecular weight excluding hydrogens is 278 g/mol. The molecule has 1 aromatic rings. The second-order valence-corrected chi connectivity index (χ2v) is 6.15. The lowest BCUT2D eigenvalue weighted by molar-refractivity contribution is 0.186. The summed E-state index contributed by atoms with van der Waals surface area (Å²) in [4.78, 5) is 16.5. The smallest absolute Gasteiger partial charge is 0.317 e. The second-order valence-electron chi connectivity index (χ2n) is 6.15. The summed E-state index contributed by atoms with van der Waals surface area (Å²) in [5, 5.41) is 7.36. The van der Waals surface area contributed by atoms with Gasteiger partial charge in [-0.25, -0.2) is 4.79 Å². The minimum Gasteiger partial charge on any atom is -0.338 e. The van der Waals surface area contributed by atoms with Crippen molar-refractivity contribution >= 4 is 6.03 Å². The fourth-order valence-electron chi connectivity index (χ4n) is 2.82. The molecule has 0 radical (unpaired) electrons. The van der Waals surface area contributed by atoms with Crippen molar-refractivity contribution in [2.75, 3.05) is 33.2 Å². The van der Waals surface area contributed by atoms with Crippen molar-refractivity contribution < 1.29 is 4.79 Å². The highest BCUT2D eigenvalue weighted by Crippen LogP contribution is 2.15. The van der Waals surface area contributed by atoms with E-state index in [0.29, 0.717) is 19.0 Å². The van der Waals surface area contributed by atoms with E-state index < -0.39 is 0 Å². The van der Waals surface area contributed by atoms with Crippen molar-refractivity contribution in [1.29, 1.82) is 0 Å². The van der Waals surface area contributed by atoms with Gasteiger partial charge in [-0.15, -0.1) is 0 Å². The molecule has 2 amide bonds. The number of hydrogen-bond acceptors (Lipinski definition) is 3. The Bertz CT molecular complexity index is 465. The number of nitrogens with zero attached hydrogens (tertiary/aromatic N) is 4. The van der Waals surface area contributed by atoms with E-state index in [1.54, 1.807) is 0 Å². The third kappa shape index (κ3) is 4.73. The third-order valence-electron chi connectivity index (χ3n) is 4.43. The number of carbonyl (C=O) groups is 1. The van der Waals surface area contributed by atoms with E-state index in [2.05, 4.69) is 29.3 Å². The van der Waals surface area contributed by atoms with E-state index in [-0.39, 0.29) is 6.03 Å². The number of piperidine rings is 1. The standard InChI is InChI=1S/C16H29N5O/c1-4-20(12-15-11-18-21(5-2)13-15)16(22)17-10-14-6-8-19(3)9-7-14/h11,13-14H,4-10,12H2,1-3H3,(H,17,22). The van der Waals surface area contributed by atoms with Gasteiger partial charge in [-0.2, -0.15) is 5.10 Å². The number of likely N-dealkylation sites (tertiary alicyclic amines) is 1. The molecule has 1 aliphatic rings. The maximum absolute atomic E-state index is 12.3. The van der Waals surface area contributed by atoms with Gasteiger partial charge < -0.3 is 15.1 Å². The molecule has 1 fully saturated rings. The summed E-state index contributed by atoms with van der Waals surface area (Å²) in [7, 11) is 2.16. The number of aryl methyl sites for hydroxylation is 1. The molecule has 0 aliphatic carbocycles. The monoisotopic (exact) mass is 307 g/mol. The number of urea groups is 1. The Morgan fingerprint density at radius 1 is 1.41 bits per heavy atom. The molecule has 2 rings (SSSR count). The second kappa shape index (κ2) is 8.17. The van der Waals surface area contributed by atoms with Gasteiger partial charge >= 0.3 is 6.03 Å². The van der Waals surface area contributed by atoms with Crippen LogP contribution in [0.25, 0.3) is 0 Å². The molecule has 0 bridgehead atoms. The fourth-order valence-corrected chi connectivity index (χ4v) is 2.82. The quantitative estimate of drug-likeness (QED) is 0.871. The van der Waals surface area contributed by atoms with Crippen molar-refractivity contribution in [1.82, 2.24) is 24.9 Å². The Labute approximate surface area is 133 Å². The van der Waals surface area contributed by atoms with Gasteiger partial charge in [0.2, 0.25) is 0 Å². The normalized spacial score (nSPS) is 16.7. The molecule has 0 unspecified atom stereocenters. The van der Waals surface area contributed by atoms with Crippen molar-refractivity contribution in [2.24, 2.45) is 5.92 Å². The van der Waals surface area contributed by atoms with Gasteiger partial charge in [0.1, 0.15) is 0 Å². The van der Waals surface area contributed by atoms with Crippen LogP contribution in [0.5, 0.6) is 0 Å². The summed E-state index contributed by atoms with van der Waals surface area (Å²) in [6.07, 6.45) is 6.20. The first kappa shape index (κ1) is 16.8. The van der Waals surface area contributed by atoms with Crippen molar-refractivity contribution in [2.45, 2.75) is 39.8 Å². The Morgan fingerprint density at radius 3 is 2.73 bits per heavy atom. The lowest BCUT2D eigenvalue weighted by atomic mass is 9.97. The van der Waals surface area contributed by atoms with E-state index in [1.165, 1.54) is 12.8 Å². The highest BCUT2D eigenvalue weighted by molar-refractivity contribution is 5.74. The number of aromatic nitrogens is 2. The molecule has 0 aromatic carbocycles. The summed E-state index contributed by atoms with van der Waals surface area (Å²) in [6.45, 7) is 9.31. The van der Waals surface area contributed by atoms with Crippen LogP contribution in [-0.2, 0) is 13.1 Å². The highest BCUT2D eigenvalue weighted by Gasteiger charge is 2.19. The summed E-state index contributed by atoms with van der Waals surface area (Å²) in [5.41, 5.74) is 1.08. The molecule has 0 spiro atoms. The molecule has 6 heteroatoms. The van der Waals surface area contributed by atoms with Gasteiger partial charge in [0.15, 0.2) is 0 Å². The van der Waals surface area contributed by atoms with E-state index in [9.17, 15) is 4.79 Å². The van der Waals surface area contributed by atoms with Crippen LogP contribution < -0.4 is 5.32 Å². The predicted molar refractivity (Wildman–Crippen MR) is 87.6 cm³/mol. The van der Waals surface area contributed by atoms with Crippen LogP contribution >= 0.6 is 0 Å². The summed E-state index contributed by atoms with van der Waals surface area (Å²) in [5.74, 6) is 0.613. The number of nitrogens with one attached hydrogen (secondary N) is 1. The Balaban J connectivity index is 1.78. The molecule has 0 saturated carbocycles. The zero-order valence-electron chi connectivity index (χ0n) is 14.1. The Kier molecular flexibility index (Phi) is 6.24. The molecule has 1 N–H and O–H groups in total. The molecule has 6 nitrogen and oxygen atoms in total. The zero-order valence-corrected chi connectivity index (χ0v) is 14.1. The van der Waals surface area contributed by atoms with Gasteiger partial charge in [-0.05, 0) is 52.7 Å². The molecule has 124 valence electrons. The van der Waals surface area contributed by atoms with Gasteiger partial charge in [-0.3, -0.25) is 4.68 Å². The Hall–Kier alpha value is -1.56. The molecule has 1 aliphatic heterocycles. The first-order valence-electron chi connectivity index (χ1n) is 8.35. The van der Waals surface area contributed by atoms with Crippen LogP contribution in [0.2, 0.25) is 0 Å². The fraction of sp³-hybridized carbons (Fsp3) is 0.750. The lowest BCUT2D eigenvalue weighted by Crippen LogP contribution is -2.43. The van der Waals surface area contributed by atoms with Crippen LogP contribution in [0, 0.1) is 5.92 Å². The summed E-state index contributed by atoms with van der Waals surface area (Å²) in [6, 6.07) is 0.0330. The van der Waals surface area contributed by atoms with Crippen molar-refractivity contribution in [3.05, 3.63) is 18.0 Å². The van der Waals surface area contributed by atoms with Crippen LogP contribution in [0.1, 0.15) is 32.3 Å². The van der Waals surface area contributed by atoms with Gasteiger partial charge in [0.25, 0.3) is 0 Å². The van der Waals surface area contributed by atoms with E-state index in [4.69, 9.17) is 0 Å². The lowest BCUT2D eigenvalue weighted by Gasteiger charge is -2.30. The predicted octanol–water partition coefficient (Wildman–Crippen LogP) is 1.78. The average molecular weight is 307 g/mol. The van der Waals surface area contributed by atoms with Gasteiger partial charge in [-0.1, -0.05) is 0 Å². The topological polar surface area (TPSA) is 53.4 Å². The van der Waals surface area contributed by atoms with E-state index in [1.807, 2.05) is 28.9 Å². The minimum absolute atomic E-state index is 0.0330. The van der Waals surface area contributed by atoms with Crippen molar-refractivity contribution in [3.63, 3.8) is 0 Å². The molecule has 1 aromatic heterocycles. The molecule has 2 heterocycles. The van der Waals surface area contributed by atoms with Gasteiger partial charge in [0, 0.05) is 31.4 Å². The molecule has 0 atom stereocenters. The van der Waals surface area contributed by atoms with E-state index >= 15 is 0 Å². The van der Waals surface area contributed by atoms with Gasteiger partial charge in [0.05, 0.1) is 12.7 Å². The zero-order chi connectivity index (χ0) is 15.9. The first-order chi connectivity index (χ1) is 10.6. The minimum atomic E-state index is 0.0330. The average Bonchev–Trinajstić information content (AvgIpc) is 2.99. The number of carbonyl (C=O) groups excluding carboxylic acids is 1. The summed E-state index contributed by atoms with van der Waals surface area (Å²) < 4.78 is 1.89. The molecule has 1 saturated heterocycles. The van der Waals surface area contributed by atoms with Crippen LogP contribution in [0.15, 0.2) is 12.4 Å². The number of hydrogen-bond donors (Lipinski definition) is 1. The first-order valence-corrected chi connectivity index (χ1v) is 8.35. The third-order valence-corrected chi connectivity index (χ3v) is 4.43. The Morgan fingerprint density at radius 2 is 2.14 bits per heavy atom. The number of amides is 2. The van der Waals surface area contributed by atoms with Crippen molar-refractivity contribution in [3.8, 4) is 0 Å². The van der Waals surface area contributed by atoms with Crippen LogP contribution in [0.3, 0.4) is 0 Å². The summed E-state index contributed by atoms with van der Waals surface area (Å²) >= 11 is 0. The molecular formula is C16H29N5O. The largest absolute Gasteiger partial charge is 0.338 e. The maximum atomic E-state index is 12.3. The number of rotatable bonds is 6. The van der Waals surface area contributed by atoms with Crippen LogP contribution in [0.4, 0.5) is 4.79 Å².